The number of ether oxygens (including phenoxy) is 1. The average Bonchev–Trinajstić information content (AvgIpc) is 2.85. The molecule has 0 amide bonds. The quantitative estimate of drug-likeness (QED) is 0.829. The average molecular weight is 311 g/mol. The Balaban J connectivity index is 1.79. The van der Waals surface area contributed by atoms with E-state index in [0.29, 0.717) is 12.3 Å². The van der Waals surface area contributed by atoms with Crippen LogP contribution in [0.25, 0.3) is 0 Å². The number of benzene rings is 1. The van der Waals surface area contributed by atoms with Crippen LogP contribution in [-0.2, 0) is 12.7 Å². The summed E-state index contributed by atoms with van der Waals surface area (Å²) < 4.78 is 49.1. The predicted molar refractivity (Wildman–Crippen MR) is 74.5 cm³/mol. The van der Waals surface area contributed by atoms with Crippen molar-refractivity contribution in [2.75, 3.05) is 13.6 Å². The largest absolute Gasteiger partial charge is 0.486 e. The third-order valence-corrected chi connectivity index (χ3v) is 3.77. The van der Waals surface area contributed by atoms with Gasteiger partial charge in [0.2, 0.25) is 0 Å². The van der Waals surface area contributed by atoms with E-state index in [1.165, 1.54) is 12.1 Å². The number of hydrogen-bond donors (Lipinski definition) is 0. The van der Waals surface area contributed by atoms with Crippen molar-refractivity contribution >= 4 is 0 Å². The van der Waals surface area contributed by atoms with E-state index in [0.717, 1.165) is 36.4 Å². The molecule has 0 fully saturated rings. The summed E-state index contributed by atoms with van der Waals surface area (Å²) in [5.74, 6) is 1.27. The van der Waals surface area contributed by atoms with Gasteiger partial charge in [-0.2, -0.15) is 13.2 Å². The summed E-state index contributed by atoms with van der Waals surface area (Å²) in [6.45, 7) is 1.53. The van der Waals surface area contributed by atoms with E-state index in [-0.39, 0.29) is 6.10 Å². The predicted octanol–water partition coefficient (Wildman–Crippen LogP) is 4.25. The highest BCUT2D eigenvalue weighted by molar-refractivity contribution is 5.30. The third kappa shape index (κ3) is 3.11. The van der Waals surface area contributed by atoms with Crippen molar-refractivity contribution in [1.82, 2.24) is 4.90 Å². The Labute approximate surface area is 126 Å². The zero-order valence-corrected chi connectivity index (χ0v) is 12.1. The lowest BCUT2D eigenvalue weighted by molar-refractivity contribution is -0.137. The van der Waals surface area contributed by atoms with E-state index in [9.17, 15) is 13.2 Å². The van der Waals surface area contributed by atoms with Crippen LogP contribution >= 0.6 is 0 Å². The van der Waals surface area contributed by atoms with Gasteiger partial charge in [-0.3, -0.25) is 4.90 Å². The number of hydrogen-bond acceptors (Lipinski definition) is 3. The number of halogens is 3. The third-order valence-electron chi connectivity index (χ3n) is 3.77. The molecule has 1 unspecified atom stereocenters. The molecule has 1 aliphatic heterocycles. The normalized spacial score (nSPS) is 19.5. The first-order chi connectivity index (χ1) is 10.4. The van der Waals surface area contributed by atoms with Gasteiger partial charge >= 0.3 is 6.18 Å². The highest BCUT2D eigenvalue weighted by Crippen LogP contribution is 2.34. The van der Waals surface area contributed by atoms with Crippen molar-refractivity contribution in [3.8, 4) is 5.75 Å². The number of furan rings is 1. The Hall–Kier alpha value is -1.95. The van der Waals surface area contributed by atoms with Crippen LogP contribution in [0.1, 0.15) is 29.4 Å². The van der Waals surface area contributed by atoms with Gasteiger partial charge in [-0.25, -0.2) is 0 Å². The molecule has 6 heteroatoms. The molecular weight excluding hydrogens is 295 g/mol. The van der Waals surface area contributed by atoms with Gasteiger partial charge in [0.15, 0.2) is 0 Å². The van der Waals surface area contributed by atoms with Crippen molar-refractivity contribution in [3.63, 3.8) is 0 Å². The number of rotatable bonds is 2. The summed E-state index contributed by atoms with van der Waals surface area (Å²) in [6.07, 6.45) is -2.17. The summed E-state index contributed by atoms with van der Waals surface area (Å²) in [4.78, 5) is 2.12. The zero-order valence-electron chi connectivity index (χ0n) is 12.1. The van der Waals surface area contributed by atoms with Gasteiger partial charge in [-0.15, -0.1) is 0 Å². The van der Waals surface area contributed by atoms with Crippen LogP contribution < -0.4 is 4.74 Å². The minimum Gasteiger partial charge on any atom is -0.486 e. The summed E-state index contributed by atoms with van der Waals surface area (Å²) in [7, 11) is 1.99. The molecule has 3 nitrogen and oxygen atoms in total. The van der Waals surface area contributed by atoms with Crippen molar-refractivity contribution in [2.45, 2.75) is 25.2 Å². The second-order valence-electron chi connectivity index (χ2n) is 5.45. The molecular formula is C16H16F3NO2. The molecule has 0 saturated heterocycles. The zero-order chi connectivity index (χ0) is 15.7. The Morgan fingerprint density at radius 1 is 1.18 bits per heavy atom. The molecule has 1 aromatic carbocycles. The maximum Gasteiger partial charge on any atom is 0.416 e. The molecule has 1 aliphatic rings. The molecule has 1 aromatic heterocycles. The monoisotopic (exact) mass is 311 g/mol. The molecule has 0 N–H and O–H groups in total. The highest BCUT2D eigenvalue weighted by atomic mass is 19.4. The second-order valence-corrected chi connectivity index (χ2v) is 5.45. The van der Waals surface area contributed by atoms with E-state index < -0.39 is 11.7 Å². The molecule has 2 heterocycles. The molecule has 2 aromatic rings. The fourth-order valence-electron chi connectivity index (χ4n) is 2.59. The lowest BCUT2D eigenvalue weighted by Crippen LogP contribution is -2.18. The van der Waals surface area contributed by atoms with E-state index in [1.807, 2.05) is 13.1 Å². The van der Waals surface area contributed by atoms with Crippen LogP contribution in [0.5, 0.6) is 5.75 Å². The molecule has 0 aliphatic carbocycles. The van der Waals surface area contributed by atoms with Gasteiger partial charge < -0.3 is 9.15 Å². The topological polar surface area (TPSA) is 25.6 Å². The first kappa shape index (κ1) is 15.0. The number of alkyl halides is 3. The van der Waals surface area contributed by atoms with E-state index in [4.69, 9.17) is 9.15 Å². The first-order valence-electron chi connectivity index (χ1n) is 7.02. The molecule has 0 spiro atoms. The van der Waals surface area contributed by atoms with Gasteiger partial charge in [0.05, 0.1) is 18.4 Å². The molecule has 0 radical (unpaired) electrons. The summed E-state index contributed by atoms with van der Waals surface area (Å²) in [6, 6.07) is 6.65. The van der Waals surface area contributed by atoms with E-state index >= 15 is 0 Å². The fourth-order valence-corrected chi connectivity index (χ4v) is 2.59. The van der Waals surface area contributed by atoms with E-state index in [1.54, 1.807) is 6.26 Å². The van der Waals surface area contributed by atoms with Gasteiger partial charge in [0, 0.05) is 18.5 Å². The summed E-state index contributed by atoms with van der Waals surface area (Å²) in [5.41, 5.74) is 0.286. The Bertz CT molecular complexity index is 634. The van der Waals surface area contributed by atoms with Crippen molar-refractivity contribution in [3.05, 3.63) is 53.5 Å². The van der Waals surface area contributed by atoms with Crippen LogP contribution in [0.3, 0.4) is 0 Å². The molecule has 1 atom stereocenters. The van der Waals surface area contributed by atoms with E-state index in [2.05, 4.69) is 4.90 Å². The van der Waals surface area contributed by atoms with Gasteiger partial charge in [0.25, 0.3) is 0 Å². The fraction of sp³-hybridized carbons (Fsp3) is 0.375. The summed E-state index contributed by atoms with van der Waals surface area (Å²) >= 11 is 0. The molecule has 0 bridgehead atoms. The summed E-state index contributed by atoms with van der Waals surface area (Å²) in [5, 5.41) is 0. The Morgan fingerprint density at radius 3 is 2.59 bits per heavy atom. The Kier molecular flexibility index (Phi) is 3.87. The SMILES string of the molecule is CN1CCC(Oc2ccc(C(F)(F)F)cc2)c2ccoc2C1. The maximum absolute atomic E-state index is 12.6. The highest BCUT2D eigenvalue weighted by Gasteiger charge is 2.30. The molecule has 0 saturated carbocycles. The standard InChI is InChI=1S/C16H16F3NO2/c1-20-8-6-14(13-7-9-21-15(13)10-20)22-12-4-2-11(3-5-12)16(17,18)19/h2-5,7,9,14H,6,8,10H2,1H3. The molecule has 22 heavy (non-hydrogen) atoms. The smallest absolute Gasteiger partial charge is 0.416 e. The molecule has 3 rings (SSSR count). The van der Waals surface area contributed by atoms with Crippen LogP contribution in [0.4, 0.5) is 13.2 Å². The Morgan fingerprint density at radius 2 is 1.91 bits per heavy atom. The first-order valence-corrected chi connectivity index (χ1v) is 7.02. The van der Waals surface area contributed by atoms with Crippen molar-refractivity contribution in [1.29, 1.82) is 0 Å². The second kappa shape index (κ2) is 5.68. The number of fused-ring (bicyclic) bond motifs is 1. The minimum atomic E-state index is -4.33. The van der Waals surface area contributed by atoms with Crippen LogP contribution in [-0.4, -0.2) is 18.5 Å². The molecule has 118 valence electrons. The minimum absolute atomic E-state index is 0.213. The van der Waals surface area contributed by atoms with Gasteiger partial charge in [0.1, 0.15) is 17.6 Å². The van der Waals surface area contributed by atoms with Crippen LogP contribution in [0, 0.1) is 0 Å². The lowest BCUT2D eigenvalue weighted by atomic mass is 10.1. The lowest BCUT2D eigenvalue weighted by Gasteiger charge is -2.18. The maximum atomic E-state index is 12.6. The number of nitrogens with zero attached hydrogens (tertiary/aromatic N) is 1. The van der Waals surface area contributed by atoms with Crippen LogP contribution in [0.2, 0.25) is 0 Å². The van der Waals surface area contributed by atoms with Crippen molar-refractivity contribution < 1.29 is 22.3 Å². The van der Waals surface area contributed by atoms with Gasteiger partial charge in [-0.05, 0) is 37.4 Å². The van der Waals surface area contributed by atoms with Crippen LogP contribution in [0.15, 0.2) is 41.0 Å². The van der Waals surface area contributed by atoms with Gasteiger partial charge in [-0.1, -0.05) is 0 Å². The van der Waals surface area contributed by atoms with Crippen molar-refractivity contribution in [2.24, 2.45) is 0 Å².